The maximum absolute atomic E-state index is 13.1. The highest BCUT2D eigenvalue weighted by Crippen LogP contribution is 2.31. The van der Waals surface area contributed by atoms with E-state index in [9.17, 15) is 18.0 Å². The van der Waals surface area contributed by atoms with Gasteiger partial charge in [0.25, 0.3) is 5.91 Å². The molecule has 2 aromatic rings. The van der Waals surface area contributed by atoms with Crippen LogP contribution in [0.25, 0.3) is 5.69 Å². The van der Waals surface area contributed by atoms with Crippen LogP contribution in [0, 0.1) is 6.92 Å². The first-order chi connectivity index (χ1) is 12.8. The van der Waals surface area contributed by atoms with Gasteiger partial charge in [-0.1, -0.05) is 25.3 Å². The molecule has 1 aliphatic carbocycles. The third-order valence-electron chi connectivity index (χ3n) is 5.28. The number of hydrogen-bond acceptors (Lipinski definition) is 2. The Morgan fingerprint density at radius 3 is 2.59 bits per heavy atom. The van der Waals surface area contributed by atoms with Crippen molar-refractivity contribution in [3.63, 3.8) is 0 Å². The molecule has 0 unspecified atom stereocenters. The van der Waals surface area contributed by atoms with Crippen LogP contribution in [0.4, 0.5) is 13.2 Å². The summed E-state index contributed by atoms with van der Waals surface area (Å²) in [7, 11) is 0. The lowest BCUT2D eigenvalue weighted by atomic mass is 9.93. The number of rotatable bonds is 4. The number of alkyl halides is 3. The molecule has 0 saturated heterocycles. The van der Waals surface area contributed by atoms with Crippen molar-refractivity contribution >= 4 is 5.91 Å². The second kappa shape index (κ2) is 7.74. The van der Waals surface area contributed by atoms with Gasteiger partial charge in [-0.25, -0.2) is 4.68 Å². The number of halogens is 3. The number of benzene rings is 1. The summed E-state index contributed by atoms with van der Waals surface area (Å²) in [6.45, 7) is 4.28. The summed E-state index contributed by atoms with van der Waals surface area (Å²) >= 11 is 0. The van der Waals surface area contributed by atoms with Gasteiger partial charge >= 0.3 is 6.18 Å². The lowest BCUT2D eigenvalue weighted by Gasteiger charge is -2.33. The summed E-state index contributed by atoms with van der Waals surface area (Å²) in [5.41, 5.74) is 0.552. The lowest BCUT2D eigenvalue weighted by molar-refractivity contribution is -0.137. The monoisotopic (exact) mass is 379 g/mol. The summed E-state index contributed by atoms with van der Waals surface area (Å²) in [6.07, 6.45) is 2.49. The van der Waals surface area contributed by atoms with Crippen molar-refractivity contribution in [3.05, 3.63) is 47.3 Å². The van der Waals surface area contributed by atoms with E-state index < -0.39 is 11.7 Å². The van der Waals surface area contributed by atoms with Gasteiger partial charge < -0.3 is 4.90 Å². The van der Waals surface area contributed by atoms with Gasteiger partial charge in [0.1, 0.15) is 0 Å². The van der Waals surface area contributed by atoms with Gasteiger partial charge in [-0.15, -0.1) is 0 Å². The van der Waals surface area contributed by atoms with E-state index in [-0.39, 0.29) is 11.9 Å². The van der Waals surface area contributed by atoms with Gasteiger partial charge in [-0.3, -0.25) is 4.79 Å². The maximum Gasteiger partial charge on any atom is 0.416 e. The van der Waals surface area contributed by atoms with Crippen LogP contribution in [-0.2, 0) is 6.18 Å². The number of hydrogen-bond donors (Lipinski definition) is 0. The van der Waals surface area contributed by atoms with E-state index in [0.717, 1.165) is 37.8 Å². The Labute approximate surface area is 157 Å². The van der Waals surface area contributed by atoms with Crippen LogP contribution in [-0.4, -0.2) is 33.2 Å². The second-order valence-electron chi connectivity index (χ2n) is 6.99. The highest BCUT2D eigenvalue weighted by molar-refractivity contribution is 5.95. The molecule has 3 rings (SSSR count). The molecule has 1 heterocycles. The molecular weight excluding hydrogens is 355 g/mol. The summed E-state index contributed by atoms with van der Waals surface area (Å²) in [5, 5.41) is 4.19. The third kappa shape index (κ3) is 4.01. The van der Waals surface area contributed by atoms with Crippen molar-refractivity contribution in [3.8, 4) is 5.69 Å². The Morgan fingerprint density at radius 2 is 1.96 bits per heavy atom. The second-order valence-corrected chi connectivity index (χ2v) is 6.99. The molecule has 27 heavy (non-hydrogen) atoms. The third-order valence-corrected chi connectivity index (χ3v) is 5.28. The molecule has 1 saturated carbocycles. The van der Waals surface area contributed by atoms with Crippen molar-refractivity contribution in [2.75, 3.05) is 6.54 Å². The SMILES string of the molecule is CCN(C(=O)c1cnn(-c2cccc(C(F)(F)F)c2)c1C)C1CCCCC1. The van der Waals surface area contributed by atoms with Gasteiger partial charge in [-0.2, -0.15) is 18.3 Å². The smallest absolute Gasteiger partial charge is 0.336 e. The summed E-state index contributed by atoms with van der Waals surface area (Å²) in [4.78, 5) is 14.9. The van der Waals surface area contributed by atoms with Crippen molar-refractivity contribution in [2.45, 2.75) is 58.2 Å². The first kappa shape index (κ1) is 19.5. The van der Waals surface area contributed by atoms with Gasteiger partial charge in [0.2, 0.25) is 0 Å². The van der Waals surface area contributed by atoms with Crippen LogP contribution in [0.15, 0.2) is 30.5 Å². The molecule has 1 aromatic heterocycles. The molecule has 4 nitrogen and oxygen atoms in total. The number of amides is 1. The zero-order valence-electron chi connectivity index (χ0n) is 15.6. The van der Waals surface area contributed by atoms with E-state index in [2.05, 4.69) is 5.10 Å². The van der Waals surface area contributed by atoms with Crippen molar-refractivity contribution in [2.24, 2.45) is 0 Å². The van der Waals surface area contributed by atoms with Crippen molar-refractivity contribution in [1.29, 1.82) is 0 Å². The Morgan fingerprint density at radius 1 is 1.26 bits per heavy atom. The standard InChI is InChI=1S/C20H24F3N3O/c1-3-25(16-9-5-4-6-10-16)19(27)18-13-24-26(14(18)2)17-11-7-8-15(12-17)20(21,22)23/h7-8,11-13,16H,3-6,9-10H2,1-2H3. The van der Waals surface area contributed by atoms with Gasteiger partial charge in [-0.05, 0) is 44.9 Å². The summed E-state index contributed by atoms with van der Waals surface area (Å²) < 4.78 is 40.4. The average Bonchev–Trinajstić information content (AvgIpc) is 3.04. The zero-order chi connectivity index (χ0) is 19.6. The number of carbonyl (C=O) groups excluding carboxylic acids is 1. The molecule has 1 fully saturated rings. The van der Waals surface area contributed by atoms with E-state index in [1.165, 1.54) is 23.4 Å². The average molecular weight is 379 g/mol. The Hall–Kier alpha value is -2.31. The predicted molar refractivity (Wildman–Crippen MR) is 96.9 cm³/mol. The summed E-state index contributed by atoms with van der Waals surface area (Å²) in [5.74, 6) is -0.0971. The Balaban J connectivity index is 1.89. The van der Waals surface area contributed by atoms with E-state index in [1.54, 1.807) is 13.0 Å². The van der Waals surface area contributed by atoms with Crippen LogP contribution in [0.3, 0.4) is 0 Å². The maximum atomic E-state index is 13.1. The Kier molecular flexibility index (Phi) is 5.58. The van der Waals surface area contributed by atoms with Crippen LogP contribution in [0.1, 0.15) is 60.6 Å². The fraction of sp³-hybridized carbons (Fsp3) is 0.500. The van der Waals surface area contributed by atoms with E-state index in [0.29, 0.717) is 23.5 Å². The molecule has 146 valence electrons. The molecule has 1 amide bonds. The van der Waals surface area contributed by atoms with Crippen LogP contribution < -0.4 is 0 Å². The number of nitrogens with zero attached hydrogens (tertiary/aromatic N) is 3. The molecule has 0 atom stereocenters. The highest BCUT2D eigenvalue weighted by atomic mass is 19.4. The van der Waals surface area contributed by atoms with Crippen LogP contribution in [0.5, 0.6) is 0 Å². The molecule has 0 N–H and O–H groups in total. The van der Waals surface area contributed by atoms with E-state index in [4.69, 9.17) is 0 Å². The van der Waals surface area contributed by atoms with E-state index in [1.807, 2.05) is 11.8 Å². The number of aromatic nitrogens is 2. The molecule has 0 spiro atoms. The largest absolute Gasteiger partial charge is 0.416 e. The minimum Gasteiger partial charge on any atom is -0.336 e. The molecule has 0 radical (unpaired) electrons. The molecular formula is C20H24F3N3O. The minimum atomic E-state index is -4.42. The molecule has 0 aliphatic heterocycles. The fourth-order valence-electron chi connectivity index (χ4n) is 3.81. The Bertz CT molecular complexity index is 807. The first-order valence-corrected chi connectivity index (χ1v) is 9.36. The van der Waals surface area contributed by atoms with Crippen LogP contribution >= 0.6 is 0 Å². The summed E-state index contributed by atoms with van der Waals surface area (Å²) in [6, 6.07) is 5.21. The van der Waals surface area contributed by atoms with Crippen molar-refractivity contribution in [1.82, 2.24) is 14.7 Å². The van der Waals surface area contributed by atoms with E-state index >= 15 is 0 Å². The van der Waals surface area contributed by atoms with Gasteiger partial charge in [0, 0.05) is 12.6 Å². The molecule has 1 aliphatic rings. The highest BCUT2D eigenvalue weighted by Gasteiger charge is 2.31. The number of carbonyl (C=O) groups is 1. The molecule has 0 bridgehead atoms. The fourth-order valence-corrected chi connectivity index (χ4v) is 3.81. The lowest BCUT2D eigenvalue weighted by Crippen LogP contribution is -2.41. The quantitative estimate of drug-likeness (QED) is 0.750. The zero-order valence-corrected chi connectivity index (χ0v) is 15.6. The van der Waals surface area contributed by atoms with Gasteiger partial charge in [0.05, 0.1) is 28.7 Å². The topological polar surface area (TPSA) is 38.1 Å². The predicted octanol–water partition coefficient (Wildman–Crippen LogP) is 4.99. The minimum absolute atomic E-state index is 0.0971. The molecule has 7 heteroatoms. The van der Waals surface area contributed by atoms with Gasteiger partial charge in [0.15, 0.2) is 0 Å². The van der Waals surface area contributed by atoms with Crippen molar-refractivity contribution < 1.29 is 18.0 Å². The normalized spacial score (nSPS) is 15.7. The van der Waals surface area contributed by atoms with Crippen LogP contribution in [0.2, 0.25) is 0 Å². The molecule has 1 aromatic carbocycles. The first-order valence-electron chi connectivity index (χ1n) is 9.36.